The Morgan fingerprint density at radius 3 is 2.43 bits per heavy atom. The summed E-state index contributed by atoms with van der Waals surface area (Å²) in [5.74, 6) is 1.92. The second-order valence-corrected chi connectivity index (χ2v) is 7.19. The normalized spacial score (nSPS) is 13.9. The van der Waals surface area contributed by atoms with Crippen LogP contribution in [0.1, 0.15) is 66.6 Å². The van der Waals surface area contributed by atoms with Gasteiger partial charge in [-0.1, -0.05) is 27.7 Å². The molecule has 0 bridgehead atoms. The van der Waals surface area contributed by atoms with Crippen molar-refractivity contribution in [2.24, 2.45) is 4.99 Å². The first-order chi connectivity index (χ1) is 13.0. The van der Waals surface area contributed by atoms with Crippen molar-refractivity contribution in [2.75, 3.05) is 26.2 Å². The molecule has 0 radical (unpaired) electrons. The number of aromatic nitrogens is 3. The van der Waals surface area contributed by atoms with E-state index in [0.717, 1.165) is 57.2 Å². The molecule has 0 amide bonds. The highest BCUT2D eigenvalue weighted by Crippen LogP contribution is 2.01. The van der Waals surface area contributed by atoms with Crippen molar-refractivity contribution in [3.63, 3.8) is 0 Å². The van der Waals surface area contributed by atoms with Crippen LogP contribution in [0.4, 0.5) is 0 Å². The molecule has 164 valence electrons. The molecule has 0 fully saturated rings. The fourth-order valence-electron chi connectivity index (χ4n) is 2.94. The molecule has 2 atom stereocenters. The second kappa shape index (κ2) is 16.0. The van der Waals surface area contributed by atoms with Gasteiger partial charge >= 0.3 is 0 Å². The fourth-order valence-corrected chi connectivity index (χ4v) is 2.94. The summed E-state index contributed by atoms with van der Waals surface area (Å²) < 4.78 is 2.08. The summed E-state index contributed by atoms with van der Waals surface area (Å²) in [6.07, 6.45) is 6.10. The molecule has 0 aliphatic carbocycles. The molecule has 1 heterocycles. The molecule has 8 heteroatoms. The highest BCUT2D eigenvalue weighted by Gasteiger charge is 2.09. The molecule has 0 aliphatic heterocycles. The van der Waals surface area contributed by atoms with Crippen molar-refractivity contribution in [3.8, 4) is 0 Å². The molecule has 1 aromatic heterocycles. The highest BCUT2D eigenvalue weighted by atomic mass is 127. The Morgan fingerprint density at radius 2 is 1.82 bits per heavy atom. The number of halogens is 1. The molecule has 0 saturated carbocycles. The topological polar surface area (TPSA) is 70.4 Å². The van der Waals surface area contributed by atoms with Crippen LogP contribution in [0.5, 0.6) is 0 Å². The molecule has 1 rings (SSSR count). The average Bonchev–Trinajstić information content (AvgIpc) is 3.12. The van der Waals surface area contributed by atoms with E-state index >= 15 is 0 Å². The minimum absolute atomic E-state index is 0. The third-order valence-corrected chi connectivity index (χ3v) is 5.01. The summed E-state index contributed by atoms with van der Waals surface area (Å²) in [5, 5.41) is 15.2. The van der Waals surface area contributed by atoms with Crippen LogP contribution < -0.4 is 10.6 Å². The van der Waals surface area contributed by atoms with Crippen molar-refractivity contribution in [3.05, 3.63) is 12.2 Å². The van der Waals surface area contributed by atoms with Crippen molar-refractivity contribution in [2.45, 2.75) is 85.9 Å². The molecule has 28 heavy (non-hydrogen) atoms. The van der Waals surface area contributed by atoms with Crippen LogP contribution in [-0.4, -0.2) is 63.9 Å². The lowest BCUT2D eigenvalue weighted by Gasteiger charge is -2.23. The van der Waals surface area contributed by atoms with E-state index in [4.69, 9.17) is 4.99 Å². The first-order valence-electron chi connectivity index (χ1n) is 10.7. The van der Waals surface area contributed by atoms with Gasteiger partial charge in [-0.05, 0) is 52.7 Å². The quantitative estimate of drug-likeness (QED) is 0.244. The summed E-state index contributed by atoms with van der Waals surface area (Å²) in [6, 6.07) is 0.803. The summed E-state index contributed by atoms with van der Waals surface area (Å²) in [6.45, 7) is 18.1. The van der Waals surface area contributed by atoms with E-state index < -0.39 is 0 Å². The van der Waals surface area contributed by atoms with E-state index in [-0.39, 0.29) is 24.0 Å². The minimum Gasteiger partial charge on any atom is -0.354 e. The Hall–Kier alpha value is -0.900. The number of guanidine groups is 1. The third-order valence-electron chi connectivity index (χ3n) is 5.01. The van der Waals surface area contributed by atoms with Crippen LogP contribution in [0.15, 0.2) is 11.3 Å². The van der Waals surface area contributed by atoms with Gasteiger partial charge in [-0.2, -0.15) is 0 Å². The van der Waals surface area contributed by atoms with Gasteiger partial charge in [0, 0.05) is 25.0 Å². The number of rotatable bonds is 13. The standard InChI is InChI=1S/C20H41N7.HI/c1-7-17(5)23-20(21-13-15-27-16-22-25-19(27)8-2)24-18(6)12-11-14-26(9-3)10-4;/h16-18H,7-15H2,1-6H3,(H2,21,23,24);1H. The van der Waals surface area contributed by atoms with E-state index in [0.29, 0.717) is 18.6 Å². The predicted molar refractivity (Wildman–Crippen MR) is 130 cm³/mol. The van der Waals surface area contributed by atoms with E-state index in [1.165, 1.54) is 6.42 Å². The fraction of sp³-hybridized carbons (Fsp3) is 0.850. The van der Waals surface area contributed by atoms with Crippen LogP contribution in [0.3, 0.4) is 0 Å². The summed E-state index contributed by atoms with van der Waals surface area (Å²) in [7, 11) is 0. The largest absolute Gasteiger partial charge is 0.354 e. The van der Waals surface area contributed by atoms with Gasteiger partial charge in [0.05, 0.1) is 6.54 Å². The number of nitrogens with one attached hydrogen (secondary N) is 2. The van der Waals surface area contributed by atoms with E-state index in [1.54, 1.807) is 6.33 Å². The molecule has 0 saturated heterocycles. The number of hydrogen-bond acceptors (Lipinski definition) is 4. The molecule has 2 N–H and O–H groups in total. The number of aryl methyl sites for hydroxylation is 1. The lowest BCUT2D eigenvalue weighted by Crippen LogP contribution is -2.46. The molecular formula is C20H42IN7. The van der Waals surface area contributed by atoms with Crippen molar-refractivity contribution in [1.29, 1.82) is 0 Å². The van der Waals surface area contributed by atoms with Gasteiger partial charge in [-0.3, -0.25) is 4.99 Å². The maximum absolute atomic E-state index is 4.79. The molecule has 0 aliphatic rings. The van der Waals surface area contributed by atoms with Gasteiger partial charge in [0.15, 0.2) is 5.96 Å². The molecule has 1 aromatic rings. The Balaban J connectivity index is 0.00000729. The second-order valence-electron chi connectivity index (χ2n) is 7.19. The molecule has 0 spiro atoms. The maximum atomic E-state index is 4.79. The van der Waals surface area contributed by atoms with Crippen LogP contribution in [0.25, 0.3) is 0 Å². The first kappa shape index (κ1) is 27.1. The summed E-state index contributed by atoms with van der Waals surface area (Å²) in [5.41, 5.74) is 0. The van der Waals surface area contributed by atoms with Crippen LogP contribution in [0.2, 0.25) is 0 Å². The smallest absolute Gasteiger partial charge is 0.191 e. The Morgan fingerprint density at radius 1 is 1.14 bits per heavy atom. The Kier molecular flexibility index (Phi) is 15.4. The van der Waals surface area contributed by atoms with Crippen LogP contribution >= 0.6 is 24.0 Å². The zero-order chi connectivity index (χ0) is 20.1. The number of nitrogens with zero attached hydrogens (tertiary/aromatic N) is 5. The van der Waals surface area contributed by atoms with Crippen molar-refractivity contribution in [1.82, 2.24) is 30.3 Å². The lowest BCUT2D eigenvalue weighted by molar-refractivity contribution is 0.292. The maximum Gasteiger partial charge on any atom is 0.191 e. The molecule has 2 unspecified atom stereocenters. The van der Waals surface area contributed by atoms with Gasteiger partial charge in [0.2, 0.25) is 0 Å². The lowest BCUT2D eigenvalue weighted by atomic mass is 10.2. The summed E-state index contributed by atoms with van der Waals surface area (Å²) >= 11 is 0. The van der Waals surface area contributed by atoms with Gasteiger partial charge < -0.3 is 20.1 Å². The van der Waals surface area contributed by atoms with Gasteiger partial charge in [0.1, 0.15) is 12.2 Å². The average molecular weight is 508 g/mol. The van der Waals surface area contributed by atoms with Gasteiger partial charge in [0.25, 0.3) is 0 Å². The van der Waals surface area contributed by atoms with Crippen LogP contribution in [0, 0.1) is 0 Å². The molecule has 7 nitrogen and oxygen atoms in total. The third kappa shape index (κ3) is 10.6. The van der Waals surface area contributed by atoms with E-state index in [1.807, 2.05) is 0 Å². The predicted octanol–water partition coefficient (Wildman–Crippen LogP) is 3.30. The van der Waals surface area contributed by atoms with Crippen molar-refractivity contribution >= 4 is 29.9 Å². The first-order valence-corrected chi connectivity index (χ1v) is 10.7. The highest BCUT2D eigenvalue weighted by molar-refractivity contribution is 14.0. The van der Waals surface area contributed by atoms with Gasteiger partial charge in [-0.15, -0.1) is 34.2 Å². The van der Waals surface area contributed by atoms with E-state index in [2.05, 4.69) is 71.8 Å². The summed E-state index contributed by atoms with van der Waals surface area (Å²) in [4.78, 5) is 7.26. The zero-order valence-corrected chi connectivity index (χ0v) is 21.1. The molecule has 0 aromatic carbocycles. The zero-order valence-electron chi connectivity index (χ0n) is 18.7. The minimum atomic E-state index is 0. The van der Waals surface area contributed by atoms with Crippen molar-refractivity contribution < 1.29 is 0 Å². The van der Waals surface area contributed by atoms with E-state index in [9.17, 15) is 0 Å². The number of aliphatic imine (C=N–C) groups is 1. The van der Waals surface area contributed by atoms with Gasteiger partial charge in [-0.25, -0.2) is 0 Å². The Bertz CT molecular complexity index is 528. The molecular weight excluding hydrogens is 465 g/mol. The number of hydrogen-bond donors (Lipinski definition) is 2. The van der Waals surface area contributed by atoms with Crippen LogP contribution in [-0.2, 0) is 13.0 Å². The monoisotopic (exact) mass is 507 g/mol. The Labute approximate surface area is 189 Å². The SMILES string of the molecule is CCc1nncn1CCN=C(NC(C)CC)NC(C)CCCN(CC)CC.I.